The van der Waals surface area contributed by atoms with Gasteiger partial charge in [-0.25, -0.2) is 9.59 Å². The fraction of sp³-hybridized carbons (Fsp3) is 0.564. The van der Waals surface area contributed by atoms with E-state index in [-0.39, 0.29) is 59.6 Å². The van der Waals surface area contributed by atoms with Crippen LogP contribution in [0.1, 0.15) is 104 Å². The Kier molecular flexibility index (Phi) is 20.7. The first-order chi connectivity index (χ1) is 36.1. The van der Waals surface area contributed by atoms with Gasteiger partial charge in [0.2, 0.25) is 23.6 Å². The highest BCUT2D eigenvalue weighted by Crippen LogP contribution is 2.49. The number of fused-ring (bicyclic) bond motifs is 5. The summed E-state index contributed by atoms with van der Waals surface area (Å²) in [6.07, 6.45) is 5.31. The number of aldehydes is 2. The first-order valence-corrected chi connectivity index (χ1v) is 27.2. The van der Waals surface area contributed by atoms with Crippen LogP contribution in [-0.4, -0.2) is 153 Å². The Hall–Kier alpha value is -5.80. The van der Waals surface area contributed by atoms with Crippen LogP contribution in [0.2, 0.25) is 5.02 Å². The van der Waals surface area contributed by atoms with E-state index >= 15 is 0 Å². The van der Waals surface area contributed by atoms with Crippen molar-refractivity contribution < 1.29 is 67.1 Å². The van der Waals surface area contributed by atoms with Gasteiger partial charge in [0.1, 0.15) is 40.7 Å². The van der Waals surface area contributed by atoms with Crippen LogP contribution in [-0.2, 0) is 55.8 Å². The number of epoxide rings is 1. The molecule has 0 radical (unpaired) electrons. The van der Waals surface area contributed by atoms with Gasteiger partial charge in [0, 0.05) is 75.9 Å². The van der Waals surface area contributed by atoms with E-state index < -0.39 is 65.7 Å². The maximum atomic E-state index is 14.3. The van der Waals surface area contributed by atoms with Crippen molar-refractivity contribution in [3.8, 4) is 5.75 Å². The summed E-state index contributed by atoms with van der Waals surface area (Å²) in [7, 11) is 5.92. The predicted molar refractivity (Wildman–Crippen MR) is 285 cm³/mol. The molecule has 8 atom stereocenters. The zero-order chi connectivity index (χ0) is 55.5. The van der Waals surface area contributed by atoms with E-state index in [9.17, 15) is 43.5 Å². The van der Waals surface area contributed by atoms with Crippen molar-refractivity contribution in [1.29, 1.82) is 0 Å². The number of ether oxygens (including phenoxy) is 5. The first-order valence-electron chi connectivity index (χ1n) is 25.6. The molecule has 3 fully saturated rings. The molecule has 1 saturated carbocycles. The van der Waals surface area contributed by atoms with Crippen LogP contribution >= 0.6 is 23.4 Å². The fourth-order valence-corrected chi connectivity index (χ4v) is 11.2. The number of thioether (sulfide) groups is 1. The minimum Gasteiger partial charge on any atom is -0.495 e. The van der Waals surface area contributed by atoms with Crippen molar-refractivity contribution in [2.75, 3.05) is 57.8 Å². The highest BCUT2D eigenvalue weighted by atomic mass is 35.5. The topological polar surface area (TPSA) is 249 Å². The molecule has 19 nitrogen and oxygen atoms in total. The molecule has 1 aliphatic carbocycles. The van der Waals surface area contributed by atoms with Gasteiger partial charge in [0.05, 0.1) is 31.1 Å². The zero-order valence-electron chi connectivity index (χ0n) is 44.5. The number of halogens is 1. The molecule has 4 aliphatic rings. The number of esters is 1. The molecule has 1 unspecified atom stereocenters. The van der Waals surface area contributed by atoms with Crippen LogP contribution in [0.15, 0.2) is 54.1 Å². The van der Waals surface area contributed by atoms with Crippen LogP contribution in [0, 0.1) is 17.8 Å². The zero-order valence-corrected chi connectivity index (χ0v) is 46.1. The van der Waals surface area contributed by atoms with Crippen molar-refractivity contribution in [3.63, 3.8) is 0 Å². The Morgan fingerprint density at radius 1 is 1.07 bits per heavy atom. The van der Waals surface area contributed by atoms with Gasteiger partial charge >= 0.3 is 12.1 Å². The van der Waals surface area contributed by atoms with E-state index in [1.54, 1.807) is 63.4 Å². The molecule has 21 heteroatoms. The number of anilines is 1. The van der Waals surface area contributed by atoms with Crippen molar-refractivity contribution in [3.05, 3.63) is 81.4 Å². The van der Waals surface area contributed by atoms with E-state index in [2.05, 4.69) is 16.0 Å². The highest BCUT2D eigenvalue weighted by Gasteiger charge is 2.64. The molecular formula is C55H72ClN5O14S. The van der Waals surface area contributed by atoms with Crippen molar-refractivity contribution in [2.45, 2.75) is 127 Å². The Morgan fingerprint density at radius 3 is 2.47 bits per heavy atom. The lowest BCUT2D eigenvalue weighted by atomic mass is 9.81. The number of methoxy groups -OCH3 is 2. The van der Waals surface area contributed by atoms with E-state index in [0.29, 0.717) is 79.7 Å². The number of carbonyl (C=O) groups is 8. The third-order valence-corrected chi connectivity index (χ3v) is 16.5. The third kappa shape index (κ3) is 14.8. The summed E-state index contributed by atoms with van der Waals surface area (Å²) in [5.41, 5.74) is 0.370. The van der Waals surface area contributed by atoms with Crippen molar-refractivity contribution >= 4 is 77.3 Å². The molecule has 2 aromatic carbocycles. The number of aliphatic hydroxyl groups is 1. The van der Waals surface area contributed by atoms with E-state index in [1.807, 2.05) is 13.0 Å². The molecule has 76 heavy (non-hydrogen) atoms. The molecule has 0 spiro atoms. The number of nitrogens with zero attached hydrogens (tertiary/aromatic N) is 2. The number of amides is 5. The average molecular weight is 1090 g/mol. The molecule has 6 rings (SSSR count). The molecule has 2 aromatic rings. The number of nitrogens with one attached hydrogen (secondary N) is 3. The monoisotopic (exact) mass is 1090 g/mol. The first kappa shape index (κ1) is 59.4. The summed E-state index contributed by atoms with van der Waals surface area (Å²) in [6, 6.07) is 7.48. The lowest BCUT2D eigenvalue weighted by Gasteiger charge is -2.42. The summed E-state index contributed by atoms with van der Waals surface area (Å²) in [4.78, 5) is 106. The van der Waals surface area contributed by atoms with Gasteiger partial charge in [-0.3, -0.25) is 34.1 Å². The summed E-state index contributed by atoms with van der Waals surface area (Å²) < 4.78 is 29.4. The number of benzene rings is 2. The number of rotatable bonds is 18. The summed E-state index contributed by atoms with van der Waals surface area (Å²) in [5, 5.41) is 20.5. The van der Waals surface area contributed by atoms with Gasteiger partial charge in [-0.2, -0.15) is 11.8 Å². The number of carbonyl (C=O) groups excluding carboxylic acids is 8. The quantitative estimate of drug-likeness (QED) is 0.0619. The van der Waals surface area contributed by atoms with Crippen molar-refractivity contribution in [2.24, 2.45) is 17.8 Å². The minimum atomic E-state index is -1.87. The predicted octanol–water partition coefficient (Wildman–Crippen LogP) is 5.54. The largest absolute Gasteiger partial charge is 0.495 e. The van der Waals surface area contributed by atoms with E-state index in [0.717, 1.165) is 29.5 Å². The normalized spacial score (nSPS) is 28.2. The average Bonchev–Trinajstić information content (AvgIpc) is 4.16. The molecule has 414 valence electrons. The Morgan fingerprint density at radius 2 is 1.79 bits per heavy atom. The van der Waals surface area contributed by atoms with Crippen LogP contribution in [0.4, 0.5) is 10.5 Å². The molecule has 5 amide bonds. The molecular weight excluding hydrogens is 1020 g/mol. The lowest BCUT2D eigenvalue weighted by molar-refractivity contribution is -0.162. The van der Waals surface area contributed by atoms with Crippen LogP contribution in [0.25, 0.3) is 0 Å². The second-order valence-corrected chi connectivity index (χ2v) is 22.0. The van der Waals surface area contributed by atoms with Gasteiger partial charge < -0.3 is 49.2 Å². The molecule has 3 heterocycles. The minimum absolute atomic E-state index is 0.0227. The van der Waals surface area contributed by atoms with Gasteiger partial charge in [-0.05, 0) is 94.5 Å². The van der Waals surface area contributed by atoms with Crippen LogP contribution in [0.5, 0.6) is 5.75 Å². The lowest BCUT2D eigenvalue weighted by Crippen LogP contribution is -2.63. The molecule has 4 N–H and O–H groups in total. The summed E-state index contributed by atoms with van der Waals surface area (Å²) >= 11 is 8.10. The Labute approximate surface area is 453 Å². The number of hydrogen-bond acceptors (Lipinski definition) is 15. The highest BCUT2D eigenvalue weighted by molar-refractivity contribution is 7.99. The second kappa shape index (κ2) is 26.5. The maximum absolute atomic E-state index is 14.3. The molecule has 0 aromatic heterocycles. The number of allylic oxidation sites excluding steroid dienone is 3. The van der Waals surface area contributed by atoms with E-state index in [1.165, 1.54) is 49.8 Å². The second-order valence-electron chi connectivity index (χ2n) is 20.5. The smallest absolute Gasteiger partial charge is 0.409 e. The summed E-state index contributed by atoms with van der Waals surface area (Å²) in [5.74, 6) is -1.55. The Bertz CT molecular complexity index is 2550. The Balaban J connectivity index is 1.02. The number of likely N-dealkylation sites (N-methyl/N-ethyl adjacent to an activating group) is 1. The van der Waals surface area contributed by atoms with Gasteiger partial charge in [-0.15, -0.1) is 0 Å². The molecule has 3 aliphatic heterocycles. The maximum Gasteiger partial charge on any atom is 0.409 e. The number of hydrogen-bond donors (Lipinski definition) is 4. The SMILES string of the molecule is COc1cc2cc(c1Cl)N(C)C(=O)C[C@@H](OC(=O)[C@H](C)N(C)C(=O)CCSCC(=O)NC[C@H]1CC[C@H](C(=O)NCCc3ccc(C=O)c(C=O)c3)CC1)[C@]1(C)OC1[C@H](C)[C@@H]1C[C@@](O)(NC(=O)O1)[C@H](OC)/C=C\C=C(/C)C2. The fourth-order valence-electron chi connectivity index (χ4n) is 10.1. The van der Waals surface area contributed by atoms with Gasteiger partial charge in [-0.1, -0.05) is 54.5 Å². The van der Waals surface area contributed by atoms with Crippen LogP contribution in [0.3, 0.4) is 0 Å². The van der Waals surface area contributed by atoms with Gasteiger partial charge in [0.25, 0.3) is 0 Å². The standard InChI is InChI=1S/C55H72ClN5O14S/c1-32-10-9-11-44(72-8)55(70)27-43(73-53(69)59-55)33(2)50-54(4,75-50)45(26-48(66)61(6)41-24-37(22-32)25-42(71-7)49(41)56)74-52(68)34(3)60(5)47(65)19-21-76-31-46(64)58-28-36-13-15-38(16-14-36)51(67)57-20-18-35-12-17-39(29-62)40(23-35)30-63/h9-12,17,23-25,29-30,33-34,36,38,43-45,50,70H,13-16,18-22,26-28,31H2,1-8H3,(H,57,67)(H,58,64)(H,59,69)/b11-9-,32-10+/t33-,34+,36-,38-,43+,44-,45-,50?,54+,55+/m1/s1. The number of alkyl carbamates (subject to hydrolysis) is 1. The van der Waals surface area contributed by atoms with E-state index in [4.69, 9.17) is 35.3 Å². The summed E-state index contributed by atoms with van der Waals surface area (Å²) in [6.45, 7) is 7.78. The molecule has 2 saturated heterocycles. The molecule has 4 bridgehead atoms. The third-order valence-electron chi connectivity index (χ3n) is 15.1. The van der Waals surface area contributed by atoms with Crippen molar-refractivity contribution in [1.82, 2.24) is 20.9 Å². The van der Waals surface area contributed by atoms with Crippen LogP contribution < -0.4 is 25.6 Å². The van der Waals surface area contributed by atoms with Gasteiger partial charge in [0.15, 0.2) is 18.3 Å².